The van der Waals surface area contributed by atoms with Crippen LogP contribution >= 0.6 is 11.6 Å². The fourth-order valence-electron chi connectivity index (χ4n) is 2.57. The number of amides is 2. The summed E-state index contributed by atoms with van der Waals surface area (Å²) in [7, 11) is 4.85. The summed E-state index contributed by atoms with van der Waals surface area (Å²) in [6, 6.07) is 3.09. The SMILES string of the molecule is COc1cc(OC)c(NC(=O)N(C)CCN2CCCC2)cc1Cl. The molecule has 0 spiro atoms. The lowest BCUT2D eigenvalue weighted by Gasteiger charge is -2.22. The van der Waals surface area contributed by atoms with Crippen molar-refractivity contribution in [3.05, 3.63) is 17.2 Å². The van der Waals surface area contributed by atoms with E-state index in [2.05, 4.69) is 10.2 Å². The third kappa shape index (κ3) is 4.65. The number of hydrogen-bond donors (Lipinski definition) is 1. The molecule has 1 aliphatic heterocycles. The van der Waals surface area contributed by atoms with Crippen molar-refractivity contribution in [2.24, 2.45) is 0 Å². The summed E-state index contributed by atoms with van der Waals surface area (Å²) in [5, 5.41) is 3.25. The molecule has 0 saturated carbocycles. The molecule has 1 aromatic rings. The Labute approximate surface area is 142 Å². The number of carbonyl (C=O) groups excluding carboxylic acids is 1. The monoisotopic (exact) mass is 341 g/mol. The molecule has 1 N–H and O–H groups in total. The van der Waals surface area contributed by atoms with E-state index < -0.39 is 0 Å². The van der Waals surface area contributed by atoms with Crippen molar-refractivity contribution in [2.45, 2.75) is 12.8 Å². The standard InChI is InChI=1S/C16H24ClN3O3/c1-19(8-9-20-6-4-5-7-20)16(21)18-13-10-12(17)14(22-2)11-15(13)23-3/h10-11H,4-9H2,1-3H3,(H,18,21). The van der Waals surface area contributed by atoms with E-state index in [1.807, 2.05) is 0 Å². The van der Waals surface area contributed by atoms with Crippen molar-refractivity contribution in [1.29, 1.82) is 0 Å². The molecule has 1 fully saturated rings. The van der Waals surface area contributed by atoms with E-state index in [1.165, 1.54) is 27.1 Å². The third-order valence-electron chi connectivity index (χ3n) is 4.01. The van der Waals surface area contributed by atoms with Gasteiger partial charge in [0.15, 0.2) is 0 Å². The molecule has 2 amide bonds. The van der Waals surface area contributed by atoms with Crippen LogP contribution in [0, 0.1) is 0 Å². The van der Waals surface area contributed by atoms with Crippen molar-refractivity contribution in [1.82, 2.24) is 9.80 Å². The van der Waals surface area contributed by atoms with Gasteiger partial charge in [0.2, 0.25) is 0 Å². The van der Waals surface area contributed by atoms with Crippen LogP contribution in [0.25, 0.3) is 0 Å². The van der Waals surface area contributed by atoms with E-state index in [1.54, 1.807) is 24.1 Å². The Bertz CT molecular complexity index is 548. The highest BCUT2D eigenvalue weighted by atomic mass is 35.5. The van der Waals surface area contributed by atoms with Crippen LogP contribution in [0.5, 0.6) is 11.5 Å². The van der Waals surface area contributed by atoms with E-state index in [0.717, 1.165) is 19.6 Å². The van der Waals surface area contributed by atoms with E-state index in [-0.39, 0.29) is 6.03 Å². The van der Waals surface area contributed by atoms with Gasteiger partial charge in [-0.1, -0.05) is 11.6 Å². The second kappa shape index (κ2) is 8.26. The summed E-state index contributed by atoms with van der Waals surface area (Å²) >= 11 is 6.12. The zero-order valence-electron chi connectivity index (χ0n) is 13.9. The first-order valence-electron chi connectivity index (χ1n) is 7.71. The molecule has 0 aromatic heterocycles. The summed E-state index contributed by atoms with van der Waals surface area (Å²) in [5.41, 5.74) is 0.524. The molecule has 7 heteroatoms. The van der Waals surface area contributed by atoms with Gasteiger partial charge in [0.05, 0.1) is 24.9 Å². The van der Waals surface area contributed by atoms with Crippen LogP contribution in [0.4, 0.5) is 10.5 Å². The van der Waals surface area contributed by atoms with Crippen LogP contribution in [-0.4, -0.2) is 63.3 Å². The van der Waals surface area contributed by atoms with Gasteiger partial charge in [-0.05, 0) is 32.0 Å². The molecular weight excluding hydrogens is 318 g/mol. The first kappa shape index (κ1) is 17.7. The van der Waals surface area contributed by atoms with Gasteiger partial charge in [0, 0.05) is 26.2 Å². The van der Waals surface area contributed by atoms with Gasteiger partial charge >= 0.3 is 6.03 Å². The van der Waals surface area contributed by atoms with Gasteiger partial charge in [-0.2, -0.15) is 0 Å². The minimum atomic E-state index is -0.191. The fourth-order valence-corrected chi connectivity index (χ4v) is 2.81. The quantitative estimate of drug-likeness (QED) is 0.864. The van der Waals surface area contributed by atoms with Crippen LogP contribution in [0.1, 0.15) is 12.8 Å². The number of carbonyl (C=O) groups is 1. The normalized spacial score (nSPS) is 14.6. The molecule has 0 atom stereocenters. The third-order valence-corrected chi connectivity index (χ3v) is 4.31. The molecule has 2 rings (SSSR count). The van der Waals surface area contributed by atoms with Gasteiger partial charge in [-0.15, -0.1) is 0 Å². The molecule has 128 valence electrons. The van der Waals surface area contributed by atoms with Gasteiger partial charge in [-0.3, -0.25) is 0 Å². The second-order valence-electron chi connectivity index (χ2n) is 5.59. The smallest absolute Gasteiger partial charge is 0.321 e. The van der Waals surface area contributed by atoms with Crippen LogP contribution < -0.4 is 14.8 Å². The van der Waals surface area contributed by atoms with Crippen LogP contribution in [0.3, 0.4) is 0 Å². The van der Waals surface area contributed by atoms with Crippen molar-refractivity contribution in [3.8, 4) is 11.5 Å². The first-order chi connectivity index (χ1) is 11.0. The molecule has 0 bridgehead atoms. The molecular formula is C16H24ClN3O3. The number of ether oxygens (including phenoxy) is 2. The number of urea groups is 1. The summed E-state index contributed by atoms with van der Waals surface area (Å²) < 4.78 is 10.4. The Kier molecular flexibility index (Phi) is 6.36. The van der Waals surface area contributed by atoms with Gasteiger partial charge in [0.1, 0.15) is 11.5 Å². The fraction of sp³-hybridized carbons (Fsp3) is 0.562. The molecule has 6 nitrogen and oxygen atoms in total. The summed E-state index contributed by atoms with van der Waals surface area (Å²) in [4.78, 5) is 16.3. The number of nitrogens with zero attached hydrogens (tertiary/aromatic N) is 2. The predicted octanol–water partition coefficient (Wildman–Crippen LogP) is 2.92. The lowest BCUT2D eigenvalue weighted by molar-refractivity contribution is 0.213. The number of hydrogen-bond acceptors (Lipinski definition) is 4. The maximum Gasteiger partial charge on any atom is 0.321 e. The Hall–Kier alpha value is -1.66. The summed E-state index contributed by atoms with van der Waals surface area (Å²) in [6.07, 6.45) is 2.49. The highest BCUT2D eigenvalue weighted by Crippen LogP contribution is 2.35. The van der Waals surface area contributed by atoms with Gasteiger partial charge in [0.25, 0.3) is 0 Å². The van der Waals surface area contributed by atoms with Gasteiger partial charge in [-0.25, -0.2) is 4.79 Å². The number of rotatable bonds is 6. The van der Waals surface area contributed by atoms with Crippen molar-refractivity contribution < 1.29 is 14.3 Å². The maximum atomic E-state index is 12.3. The number of benzene rings is 1. The lowest BCUT2D eigenvalue weighted by Crippen LogP contribution is -2.37. The average Bonchev–Trinajstić information content (AvgIpc) is 3.06. The summed E-state index contributed by atoms with van der Waals surface area (Å²) in [5.74, 6) is 1.01. The number of likely N-dealkylation sites (N-methyl/N-ethyl adjacent to an activating group) is 1. The highest BCUT2D eigenvalue weighted by molar-refractivity contribution is 6.32. The summed E-state index contributed by atoms with van der Waals surface area (Å²) in [6.45, 7) is 3.82. The van der Waals surface area contributed by atoms with Crippen LogP contribution in [0.15, 0.2) is 12.1 Å². The Balaban J connectivity index is 1.96. The van der Waals surface area contributed by atoms with Crippen LogP contribution in [-0.2, 0) is 0 Å². The van der Waals surface area contributed by atoms with Crippen molar-refractivity contribution in [3.63, 3.8) is 0 Å². The zero-order valence-corrected chi connectivity index (χ0v) is 14.7. The van der Waals surface area contributed by atoms with Crippen LogP contribution in [0.2, 0.25) is 5.02 Å². The molecule has 0 radical (unpaired) electrons. The topological polar surface area (TPSA) is 54.0 Å². The van der Waals surface area contributed by atoms with E-state index >= 15 is 0 Å². The molecule has 0 aliphatic carbocycles. The van der Waals surface area contributed by atoms with E-state index in [9.17, 15) is 4.79 Å². The number of anilines is 1. The molecule has 1 heterocycles. The Morgan fingerprint density at radius 3 is 2.52 bits per heavy atom. The molecule has 1 aliphatic rings. The first-order valence-corrected chi connectivity index (χ1v) is 8.09. The Morgan fingerprint density at radius 1 is 1.26 bits per heavy atom. The highest BCUT2D eigenvalue weighted by Gasteiger charge is 2.17. The molecule has 1 aromatic carbocycles. The van der Waals surface area contributed by atoms with Crippen molar-refractivity contribution >= 4 is 23.3 Å². The van der Waals surface area contributed by atoms with Crippen molar-refractivity contribution in [2.75, 3.05) is 52.8 Å². The second-order valence-corrected chi connectivity index (χ2v) is 5.99. The molecule has 23 heavy (non-hydrogen) atoms. The molecule has 0 unspecified atom stereocenters. The number of methoxy groups -OCH3 is 2. The number of halogens is 1. The predicted molar refractivity (Wildman–Crippen MR) is 91.9 cm³/mol. The number of nitrogens with one attached hydrogen (secondary N) is 1. The lowest BCUT2D eigenvalue weighted by atomic mass is 10.2. The molecule has 1 saturated heterocycles. The minimum Gasteiger partial charge on any atom is -0.495 e. The average molecular weight is 342 g/mol. The maximum absolute atomic E-state index is 12.3. The zero-order chi connectivity index (χ0) is 16.8. The van der Waals surface area contributed by atoms with E-state index in [4.69, 9.17) is 21.1 Å². The van der Waals surface area contributed by atoms with Gasteiger partial charge < -0.3 is 24.6 Å². The van der Waals surface area contributed by atoms with E-state index in [0.29, 0.717) is 28.8 Å². The number of likely N-dealkylation sites (tertiary alicyclic amines) is 1. The minimum absolute atomic E-state index is 0.191. The largest absolute Gasteiger partial charge is 0.495 e. The Morgan fingerprint density at radius 2 is 1.91 bits per heavy atom.